The Morgan fingerprint density at radius 1 is 1.33 bits per heavy atom. The molecule has 1 aliphatic heterocycles. The van der Waals surface area contributed by atoms with Gasteiger partial charge in [-0.3, -0.25) is 9.69 Å². The van der Waals surface area contributed by atoms with Crippen LogP contribution in [0.5, 0.6) is 5.75 Å². The van der Waals surface area contributed by atoms with Crippen molar-refractivity contribution >= 4 is 21.8 Å². The number of benzene rings is 1. The second kappa shape index (κ2) is 9.65. The lowest BCUT2D eigenvalue weighted by molar-refractivity contribution is 0.0635. The lowest BCUT2D eigenvalue weighted by atomic mass is 10.1. The van der Waals surface area contributed by atoms with E-state index in [9.17, 15) is 4.79 Å². The molecule has 2 rings (SSSR count). The highest BCUT2D eigenvalue weighted by molar-refractivity contribution is 9.10. The van der Waals surface area contributed by atoms with Gasteiger partial charge in [0.2, 0.25) is 0 Å². The van der Waals surface area contributed by atoms with Crippen molar-refractivity contribution in [3.63, 3.8) is 0 Å². The summed E-state index contributed by atoms with van der Waals surface area (Å²) in [5.74, 6) is 0.672. The Balaban J connectivity index is 2.01. The predicted molar refractivity (Wildman–Crippen MR) is 97.1 cm³/mol. The summed E-state index contributed by atoms with van der Waals surface area (Å²) in [6, 6.07) is 7.77. The highest BCUT2D eigenvalue weighted by Gasteiger charge is 2.24. The molecule has 1 aliphatic rings. The summed E-state index contributed by atoms with van der Waals surface area (Å²) in [5.41, 5.74) is 0.617. The summed E-state index contributed by atoms with van der Waals surface area (Å²) < 4.78 is 6.68. The van der Waals surface area contributed by atoms with Crippen molar-refractivity contribution in [2.75, 3.05) is 39.3 Å². The predicted octanol–water partition coefficient (Wildman–Crippen LogP) is 3.30. The molecule has 130 valence electrons. The molecule has 0 unspecified atom stereocenters. The third-order valence-electron chi connectivity index (χ3n) is 4.13. The number of rotatable bonds is 7. The van der Waals surface area contributed by atoms with Crippen LogP contribution < -0.4 is 4.74 Å². The molecule has 0 spiro atoms. The molecule has 0 radical (unpaired) electrons. The van der Waals surface area contributed by atoms with Gasteiger partial charge in [0, 0.05) is 43.6 Å². The minimum Gasteiger partial charge on any atom is -0.493 e. The van der Waals surface area contributed by atoms with Crippen molar-refractivity contribution < 1.29 is 9.53 Å². The summed E-state index contributed by atoms with van der Waals surface area (Å²) >= 11 is 3.44. The number of carbonyl (C=O) groups is 1. The number of unbranched alkanes of at least 4 members (excludes halogenated alkanes) is 1. The Hall–Kier alpha value is -1.58. The molecule has 1 aromatic rings. The first-order chi connectivity index (χ1) is 11.7. The second-order valence-electron chi connectivity index (χ2n) is 5.88. The largest absolute Gasteiger partial charge is 0.493 e. The molecule has 1 aromatic carbocycles. The molecule has 0 N–H and O–H groups in total. The van der Waals surface area contributed by atoms with Gasteiger partial charge in [-0.2, -0.15) is 5.26 Å². The molecule has 1 heterocycles. The van der Waals surface area contributed by atoms with Gasteiger partial charge in [-0.05, 0) is 24.6 Å². The van der Waals surface area contributed by atoms with Crippen molar-refractivity contribution in [2.45, 2.75) is 26.2 Å². The maximum Gasteiger partial charge on any atom is 0.257 e. The normalized spacial score (nSPS) is 15.1. The maximum atomic E-state index is 12.9. The number of nitriles is 1. The smallest absolute Gasteiger partial charge is 0.257 e. The van der Waals surface area contributed by atoms with E-state index in [0.29, 0.717) is 37.4 Å². The molecular weight excluding hydrogens is 370 g/mol. The summed E-state index contributed by atoms with van der Waals surface area (Å²) in [7, 11) is 0. The minimum absolute atomic E-state index is 0.0164. The zero-order chi connectivity index (χ0) is 17.4. The second-order valence-corrected chi connectivity index (χ2v) is 6.80. The number of carbonyl (C=O) groups excluding carboxylic acids is 1. The SMILES string of the molecule is CCCCOc1ccc(Br)cc1C(=O)N1CCN(CCC#N)CC1. The van der Waals surface area contributed by atoms with Gasteiger partial charge in [0.1, 0.15) is 5.75 Å². The van der Waals surface area contributed by atoms with E-state index in [1.165, 1.54) is 0 Å². The topological polar surface area (TPSA) is 56.6 Å². The fraction of sp³-hybridized carbons (Fsp3) is 0.556. The van der Waals surface area contributed by atoms with Gasteiger partial charge in [0.15, 0.2) is 0 Å². The molecule has 5 nitrogen and oxygen atoms in total. The number of amides is 1. The van der Waals surface area contributed by atoms with Crippen LogP contribution in [0.4, 0.5) is 0 Å². The van der Waals surface area contributed by atoms with Gasteiger partial charge in [-0.25, -0.2) is 0 Å². The number of piperazine rings is 1. The highest BCUT2D eigenvalue weighted by atomic mass is 79.9. The van der Waals surface area contributed by atoms with Gasteiger partial charge < -0.3 is 9.64 Å². The first kappa shape index (κ1) is 18.8. The van der Waals surface area contributed by atoms with E-state index in [4.69, 9.17) is 10.00 Å². The molecule has 6 heteroatoms. The van der Waals surface area contributed by atoms with Gasteiger partial charge >= 0.3 is 0 Å². The summed E-state index contributed by atoms with van der Waals surface area (Å²) in [5, 5.41) is 8.67. The van der Waals surface area contributed by atoms with E-state index in [2.05, 4.69) is 33.8 Å². The fourth-order valence-corrected chi connectivity index (χ4v) is 3.04. The first-order valence-corrected chi connectivity index (χ1v) is 9.26. The third kappa shape index (κ3) is 5.22. The Labute approximate surface area is 152 Å². The van der Waals surface area contributed by atoms with E-state index in [1.807, 2.05) is 23.1 Å². The monoisotopic (exact) mass is 393 g/mol. The molecule has 0 aliphatic carbocycles. The molecule has 0 atom stereocenters. The van der Waals surface area contributed by atoms with Crippen LogP contribution >= 0.6 is 15.9 Å². The molecular formula is C18H24BrN3O2. The molecule has 1 saturated heterocycles. The zero-order valence-corrected chi connectivity index (χ0v) is 15.7. The maximum absolute atomic E-state index is 12.9. The fourth-order valence-electron chi connectivity index (χ4n) is 2.67. The molecule has 0 saturated carbocycles. The standard InChI is InChI=1S/C18H24BrN3O2/c1-2-3-13-24-17-6-5-15(19)14-16(17)18(23)22-11-9-21(10-12-22)8-4-7-20/h5-6,14H,2-4,8-13H2,1H3. The zero-order valence-electron chi connectivity index (χ0n) is 14.1. The number of hydrogen-bond donors (Lipinski definition) is 0. The number of ether oxygens (including phenoxy) is 1. The average Bonchev–Trinajstić information content (AvgIpc) is 2.61. The van der Waals surface area contributed by atoms with E-state index >= 15 is 0 Å². The summed E-state index contributed by atoms with van der Waals surface area (Å²) in [6.07, 6.45) is 2.57. The van der Waals surface area contributed by atoms with Crippen molar-refractivity contribution in [1.29, 1.82) is 5.26 Å². The van der Waals surface area contributed by atoms with Gasteiger partial charge in [-0.1, -0.05) is 29.3 Å². The van der Waals surface area contributed by atoms with Crippen LogP contribution in [-0.4, -0.2) is 55.0 Å². The van der Waals surface area contributed by atoms with Crippen LogP contribution in [0.15, 0.2) is 22.7 Å². The lowest BCUT2D eigenvalue weighted by Crippen LogP contribution is -2.48. The molecule has 1 amide bonds. The van der Waals surface area contributed by atoms with Crippen molar-refractivity contribution in [1.82, 2.24) is 9.80 Å². The highest BCUT2D eigenvalue weighted by Crippen LogP contribution is 2.25. The molecule has 0 bridgehead atoms. The van der Waals surface area contributed by atoms with Crippen LogP contribution in [0, 0.1) is 11.3 Å². The summed E-state index contributed by atoms with van der Waals surface area (Å²) in [6.45, 7) is 6.52. The Morgan fingerprint density at radius 2 is 2.08 bits per heavy atom. The van der Waals surface area contributed by atoms with E-state index in [0.717, 1.165) is 36.9 Å². The van der Waals surface area contributed by atoms with Gasteiger partial charge in [-0.15, -0.1) is 0 Å². The molecule has 0 aromatic heterocycles. The van der Waals surface area contributed by atoms with Crippen LogP contribution in [0.3, 0.4) is 0 Å². The van der Waals surface area contributed by atoms with Gasteiger partial charge in [0.25, 0.3) is 5.91 Å². The van der Waals surface area contributed by atoms with Crippen LogP contribution in [0.1, 0.15) is 36.5 Å². The van der Waals surface area contributed by atoms with Crippen LogP contribution in [0.2, 0.25) is 0 Å². The van der Waals surface area contributed by atoms with Crippen molar-refractivity contribution in [3.8, 4) is 11.8 Å². The van der Waals surface area contributed by atoms with Crippen LogP contribution in [0.25, 0.3) is 0 Å². The summed E-state index contributed by atoms with van der Waals surface area (Å²) in [4.78, 5) is 17.0. The van der Waals surface area contributed by atoms with Crippen LogP contribution in [-0.2, 0) is 0 Å². The number of halogens is 1. The van der Waals surface area contributed by atoms with E-state index in [1.54, 1.807) is 0 Å². The van der Waals surface area contributed by atoms with Gasteiger partial charge in [0.05, 0.1) is 18.2 Å². The number of nitrogens with zero attached hydrogens (tertiary/aromatic N) is 3. The quantitative estimate of drug-likeness (QED) is 0.666. The lowest BCUT2D eigenvalue weighted by Gasteiger charge is -2.34. The minimum atomic E-state index is 0.0164. The molecule has 1 fully saturated rings. The van der Waals surface area contributed by atoms with Crippen molar-refractivity contribution in [3.05, 3.63) is 28.2 Å². The van der Waals surface area contributed by atoms with Crippen molar-refractivity contribution in [2.24, 2.45) is 0 Å². The molecule has 24 heavy (non-hydrogen) atoms. The Bertz CT molecular complexity index is 592. The van der Waals surface area contributed by atoms with E-state index < -0.39 is 0 Å². The first-order valence-electron chi connectivity index (χ1n) is 8.46. The Kier molecular flexibility index (Phi) is 7.54. The third-order valence-corrected chi connectivity index (χ3v) is 4.62. The average molecular weight is 394 g/mol. The number of hydrogen-bond acceptors (Lipinski definition) is 4. The van der Waals surface area contributed by atoms with E-state index in [-0.39, 0.29) is 5.91 Å². The Morgan fingerprint density at radius 3 is 2.75 bits per heavy atom.